The lowest BCUT2D eigenvalue weighted by Gasteiger charge is -2.20. The molecular formula is C57H111NO5. The van der Waals surface area contributed by atoms with Gasteiger partial charge in [0.05, 0.1) is 25.4 Å². The SMILES string of the molecule is CCCCCCCCCCCC/C=C/C(O)C(CO)NC(=O)CCCCCCCCCCCCCCCCCCCCCCOC(=O)CCCCCCCCCCCCCCCC. The Morgan fingerprint density at radius 3 is 1.08 bits per heavy atom. The zero-order valence-corrected chi connectivity index (χ0v) is 42.6. The Bertz CT molecular complexity index is 939. The molecule has 0 spiro atoms. The van der Waals surface area contributed by atoms with Crippen LogP contribution in [0.4, 0.5) is 0 Å². The second-order valence-electron chi connectivity index (χ2n) is 19.6. The fraction of sp³-hybridized carbons (Fsp3) is 0.930. The summed E-state index contributed by atoms with van der Waals surface area (Å²) in [5.74, 6) is -0.0570. The van der Waals surface area contributed by atoms with Gasteiger partial charge in [-0.05, 0) is 32.1 Å². The zero-order chi connectivity index (χ0) is 45.8. The van der Waals surface area contributed by atoms with Crippen LogP contribution in [0.15, 0.2) is 12.2 Å². The van der Waals surface area contributed by atoms with Gasteiger partial charge in [0.25, 0.3) is 0 Å². The Morgan fingerprint density at radius 1 is 0.429 bits per heavy atom. The van der Waals surface area contributed by atoms with E-state index in [4.69, 9.17) is 4.74 Å². The summed E-state index contributed by atoms with van der Waals surface area (Å²) in [6.45, 7) is 4.91. The molecule has 0 aliphatic rings. The molecule has 63 heavy (non-hydrogen) atoms. The molecule has 0 heterocycles. The number of hydrogen-bond donors (Lipinski definition) is 3. The number of amides is 1. The van der Waals surface area contributed by atoms with Crippen molar-refractivity contribution < 1.29 is 24.5 Å². The average Bonchev–Trinajstić information content (AvgIpc) is 3.28. The third-order valence-corrected chi connectivity index (χ3v) is 13.3. The second kappa shape index (κ2) is 53.2. The first-order valence-electron chi connectivity index (χ1n) is 28.5. The van der Waals surface area contributed by atoms with Crippen LogP contribution in [0.3, 0.4) is 0 Å². The number of hydrogen-bond acceptors (Lipinski definition) is 5. The summed E-state index contributed by atoms with van der Waals surface area (Å²) in [4.78, 5) is 24.5. The van der Waals surface area contributed by atoms with Gasteiger partial charge < -0.3 is 20.3 Å². The van der Waals surface area contributed by atoms with Crippen LogP contribution in [-0.2, 0) is 14.3 Å². The minimum absolute atomic E-state index is 0.0124. The van der Waals surface area contributed by atoms with Gasteiger partial charge in [0.1, 0.15) is 0 Å². The molecule has 0 bridgehead atoms. The predicted octanol–water partition coefficient (Wildman–Crippen LogP) is 17.3. The van der Waals surface area contributed by atoms with Crippen molar-refractivity contribution in [2.45, 2.75) is 328 Å². The summed E-state index contributed by atoms with van der Waals surface area (Å²) in [6, 6.07) is -0.627. The number of carbonyl (C=O) groups excluding carboxylic acids is 2. The number of allylic oxidation sites excluding steroid dienone is 1. The monoisotopic (exact) mass is 890 g/mol. The quantitative estimate of drug-likeness (QED) is 0.0321. The molecule has 0 aliphatic heterocycles. The van der Waals surface area contributed by atoms with Gasteiger partial charge in [0.15, 0.2) is 0 Å². The minimum atomic E-state index is -0.843. The van der Waals surface area contributed by atoms with Crippen LogP contribution in [-0.4, -0.2) is 47.4 Å². The van der Waals surface area contributed by atoms with Crippen molar-refractivity contribution in [2.75, 3.05) is 13.2 Å². The molecule has 374 valence electrons. The van der Waals surface area contributed by atoms with Crippen LogP contribution in [0.2, 0.25) is 0 Å². The molecule has 0 saturated heterocycles. The van der Waals surface area contributed by atoms with E-state index in [2.05, 4.69) is 19.2 Å². The molecule has 0 aliphatic carbocycles. The standard InChI is InChI=1S/C57H111NO5/c1-3-5-7-9-11-13-15-17-27-31-35-39-43-47-51-57(62)63-52-48-44-40-36-32-28-25-23-21-19-18-20-22-24-26-30-34-38-42-46-50-56(61)58-54(53-59)55(60)49-45-41-37-33-29-16-14-12-10-8-6-4-2/h45,49,54-55,59-60H,3-44,46-48,50-53H2,1-2H3,(H,58,61)/b49-45+. The van der Waals surface area contributed by atoms with Crippen molar-refractivity contribution >= 4 is 11.9 Å². The summed E-state index contributed by atoms with van der Waals surface area (Å²) in [6.07, 6.45) is 62.3. The lowest BCUT2D eigenvalue weighted by Crippen LogP contribution is -2.45. The number of nitrogens with one attached hydrogen (secondary N) is 1. The fourth-order valence-corrected chi connectivity index (χ4v) is 8.93. The number of aliphatic hydroxyl groups excluding tert-OH is 2. The topological polar surface area (TPSA) is 95.9 Å². The number of ether oxygens (including phenoxy) is 1. The molecule has 0 rings (SSSR count). The third kappa shape index (κ3) is 49.9. The summed E-state index contributed by atoms with van der Waals surface area (Å²) >= 11 is 0. The molecule has 0 saturated carbocycles. The second-order valence-corrected chi connectivity index (χ2v) is 19.6. The van der Waals surface area contributed by atoms with Crippen LogP contribution in [0.25, 0.3) is 0 Å². The van der Waals surface area contributed by atoms with Crippen molar-refractivity contribution in [3.8, 4) is 0 Å². The van der Waals surface area contributed by atoms with E-state index >= 15 is 0 Å². The van der Waals surface area contributed by atoms with Crippen LogP contribution in [0.1, 0.15) is 316 Å². The Kier molecular flexibility index (Phi) is 52.0. The molecular weight excluding hydrogens is 779 g/mol. The fourth-order valence-electron chi connectivity index (χ4n) is 8.93. The lowest BCUT2D eigenvalue weighted by atomic mass is 10.0. The van der Waals surface area contributed by atoms with E-state index < -0.39 is 12.1 Å². The van der Waals surface area contributed by atoms with Gasteiger partial charge in [-0.25, -0.2) is 0 Å². The highest BCUT2D eigenvalue weighted by Gasteiger charge is 2.18. The molecule has 0 radical (unpaired) electrons. The maximum Gasteiger partial charge on any atom is 0.305 e. The van der Waals surface area contributed by atoms with E-state index in [1.54, 1.807) is 6.08 Å². The number of esters is 1. The summed E-state index contributed by atoms with van der Waals surface area (Å²) in [7, 11) is 0. The number of carbonyl (C=O) groups is 2. The smallest absolute Gasteiger partial charge is 0.305 e. The molecule has 0 aromatic carbocycles. The molecule has 1 amide bonds. The van der Waals surface area contributed by atoms with Gasteiger partial charge in [-0.15, -0.1) is 0 Å². The minimum Gasteiger partial charge on any atom is -0.466 e. The molecule has 2 atom stereocenters. The Hall–Kier alpha value is -1.40. The van der Waals surface area contributed by atoms with Crippen molar-refractivity contribution in [3.05, 3.63) is 12.2 Å². The third-order valence-electron chi connectivity index (χ3n) is 13.3. The van der Waals surface area contributed by atoms with Gasteiger partial charge in [-0.3, -0.25) is 9.59 Å². The van der Waals surface area contributed by atoms with Crippen molar-refractivity contribution in [1.82, 2.24) is 5.32 Å². The van der Waals surface area contributed by atoms with E-state index in [9.17, 15) is 19.8 Å². The van der Waals surface area contributed by atoms with Crippen molar-refractivity contribution in [1.29, 1.82) is 0 Å². The molecule has 0 aromatic heterocycles. The average molecular weight is 891 g/mol. The van der Waals surface area contributed by atoms with Crippen LogP contribution in [0.5, 0.6) is 0 Å². The molecule has 0 fully saturated rings. The van der Waals surface area contributed by atoms with Crippen molar-refractivity contribution in [3.63, 3.8) is 0 Å². The molecule has 3 N–H and O–H groups in total. The normalized spacial score (nSPS) is 12.6. The van der Waals surface area contributed by atoms with Gasteiger partial charge >= 0.3 is 5.97 Å². The van der Waals surface area contributed by atoms with Crippen LogP contribution < -0.4 is 5.32 Å². The Balaban J connectivity index is 3.39. The highest BCUT2D eigenvalue weighted by atomic mass is 16.5. The van der Waals surface area contributed by atoms with Gasteiger partial charge in [-0.2, -0.15) is 0 Å². The molecule has 6 nitrogen and oxygen atoms in total. The summed E-state index contributed by atoms with van der Waals surface area (Å²) in [5.41, 5.74) is 0. The molecule has 6 heteroatoms. The highest BCUT2D eigenvalue weighted by Crippen LogP contribution is 2.17. The number of unbranched alkanes of at least 4 members (excludes halogenated alkanes) is 42. The first-order valence-corrected chi connectivity index (χ1v) is 28.5. The van der Waals surface area contributed by atoms with Crippen LogP contribution in [0, 0.1) is 0 Å². The predicted molar refractivity (Wildman–Crippen MR) is 273 cm³/mol. The maximum absolute atomic E-state index is 12.4. The highest BCUT2D eigenvalue weighted by molar-refractivity contribution is 5.76. The first-order chi connectivity index (χ1) is 31.0. The van der Waals surface area contributed by atoms with E-state index in [1.807, 2.05) is 6.08 Å². The first kappa shape index (κ1) is 61.6. The summed E-state index contributed by atoms with van der Waals surface area (Å²) in [5, 5.41) is 23.0. The molecule has 2 unspecified atom stereocenters. The van der Waals surface area contributed by atoms with Crippen molar-refractivity contribution in [2.24, 2.45) is 0 Å². The van der Waals surface area contributed by atoms with E-state index in [0.29, 0.717) is 19.4 Å². The number of aliphatic hydroxyl groups is 2. The Morgan fingerprint density at radius 2 is 0.730 bits per heavy atom. The maximum atomic E-state index is 12.4. The van der Waals surface area contributed by atoms with E-state index in [-0.39, 0.29) is 18.5 Å². The summed E-state index contributed by atoms with van der Waals surface area (Å²) < 4.78 is 5.48. The largest absolute Gasteiger partial charge is 0.466 e. The molecule has 0 aromatic rings. The number of rotatable bonds is 53. The zero-order valence-electron chi connectivity index (χ0n) is 42.6. The van der Waals surface area contributed by atoms with Gasteiger partial charge in [0, 0.05) is 12.8 Å². The van der Waals surface area contributed by atoms with Crippen LogP contribution >= 0.6 is 0 Å². The van der Waals surface area contributed by atoms with E-state index in [1.165, 1.54) is 250 Å². The van der Waals surface area contributed by atoms with Gasteiger partial charge in [-0.1, -0.05) is 283 Å². The van der Waals surface area contributed by atoms with E-state index in [0.717, 1.165) is 38.5 Å². The lowest BCUT2D eigenvalue weighted by molar-refractivity contribution is -0.143. The Labute approximate surface area is 393 Å². The van der Waals surface area contributed by atoms with Gasteiger partial charge in [0.2, 0.25) is 5.91 Å².